The second-order valence-electron chi connectivity index (χ2n) is 11.7. The predicted molar refractivity (Wildman–Crippen MR) is 178 cm³/mol. The minimum atomic E-state index is -4.52. The van der Waals surface area contributed by atoms with Crippen LogP contribution in [0, 0.1) is 0 Å². The fraction of sp³-hybridized carbons (Fsp3) is 0.294. The van der Waals surface area contributed by atoms with Gasteiger partial charge in [-0.3, -0.25) is 4.79 Å². The lowest BCUT2D eigenvalue weighted by Crippen LogP contribution is -2.35. The van der Waals surface area contributed by atoms with E-state index in [1.165, 1.54) is 23.3 Å². The van der Waals surface area contributed by atoms with Crippen LogP contribution in [-0.4, -0.2) is 70.2 Å². The molecule has 244 valence electrons. The van der Waals surface area contributed by atoms with Crippen molar-refractivity contribution in [2.24, 2.45) is 0 Å². The van der Waals surface area contributed by atoms with Crippen LogP contribution in [-0.2, 0) is 12.6 Å². The van der Waals surface area contributed by atoms with Crippen LogP contribution in [0.4, 0.5) is 29.7 Å². The molecular formula is C34H35F3N8OS. The summed E-state index contributed by atoms with van der Waals surface area (Å²) in [4.78, 5) is 24.5. The van der Waals surface area contributed by atoms with E-state index >= 15 is 0 Å². The van der Waals surface area contributed by atoms with Crippen molar-refractivity contribution < 1.29 is 18.0 Å². The summed E-state index contributed by atoms with van der Waals surface area (Å²) in [6.07, 6.45) is -1.78. The van der Waals surface area contributed by atoms with Crippen LogP contribution in [0.2, 0.25) is 0 Å². The molecule has 0 bridgehead atoms. The summed E-state index contributed by atoms with van der Waals surface area (Å²) in [6, 6.07) is 23.7. The van der Waals surface area contributed by atoms with Gasteiger partial charge in [0.15, 0.2) is 11.5 Å². The molecule has 1 amide bonds. The Morgan fingerprint density at radius 3 is 2.32 bits per heavy atom. The van der Waals surface area contributed by atoms with Gasteiger partial charge in [-0.15, -0.1) is 0 Å². The molecule has 13 heteroatoms. The molecule has 1 aliphatic rings. The van der Waals surface area contributed by atoms with Crippen molar-refractivity contribution in [3.8, 4) is 5.69 Å². The van der Waals surface area contributed by atoms with Crippen LogP contribution in [0.25, 0.3) is 5.69 Å². The average molecular weight is 661 g/mol. The first-order chi connectivity index (χ1) is 22.5. The van der Waals surface area contributed by atoms with Gasteiger partial charge in [-0.2, -0.15) is 22.6 Å². The SMILES string of the molecule is CN(C)c1ccc(CC(c2ccc(N)cc2)c2nsc(N3CCCN(C(=O)c4ccc(-n5ccc(C(F)(F)F)n5)cc4)CC3)n2)cc1. The summed E-state index contributed by atoms with van der Waals surface area (Å²) in [6.45, 7) is 2.41. The zero-order valence-electron chi connectivity index (χ0n) is 26.1. The van der Waals surface area contributed by atoms with Crippen molar-refractivity contribution in [2.45, 2.75) is 24.9 Å². The highest BCUT2D eigenvalue weighted by Gasteiger charge is 2.33. The van der Waals surface area contributed by atoms with Crippen molar-refractivity contribution in [1.82, 2.24) is 24.0 Å². The first kappa shape index (κ1) is 32.0. The third kappa shape index (κ3) is 7.40. The Labute approximate surface area is 275 Å². The van der Waals surface area contributed by atoms with Crippen LogP contribution >= 0.6 is 11.5 Å². The van der Waals surface area contributed by atoms with Gasteiger partial charge in [-0.1, -0.05) is 24.3 Å². The highest BCUT2D eigenvalue weighted by Crippen LogP contribution is 2.32. The predicted octanol–water partition coefficient (Wildman–Crippen LogP) is 6.12. The van der Waals surface area contributed by atoms with E-state index in [9.17, 15) is 18.0 Å². The number of amides is 1. The molecule has 0 radical (unpaired) electrons. The van der Waals surface area contributed by atoms with E-state index in [1.54, 1.807) is 29.2 Å². The van der Waals surface area contributed by atoms with E-state index < -0.39 is 11.9 Å². The van der Waals surface area contributed by atoms with E-state index in [0.29, 0.717) is 36.6 Å². The van der Waals surface area contributed by atoms with Gasteiger partial charge in [0.25, 0.3) is 5.91 Å². The molecule has 2 N–H and O–H groups in total. The van der Waals surface area contributed by atoms with Crippen LogP contribution in [0.1, 0.15) is 45.3 Å². The Hall–Kier alpha value is -4.91. The number of carbonyl (C=O) groups is 1. The van der Waals surface area contributed by atoms with Gasteiger partial charge in [0.2, 0.25) is 5.13 Å². The third-order valence-electron chi connectivity index (χ3n) is 8.29. The molecule has 47 heavy (non-hydrogen) atoms. The molecule has 1 saturated heterocycles. The average Bonchev–Trinajstić information content (AvgIpc) is 3.70. The highest BCUT2D eigenvalue weighted by atomic mass is 32.1. The van der Waals surface area contributed by atoms with Crippen molar-refractivity contribution in [2.75, 3.05) is 55.8 Å². The lowest BCUT2D eigenvalue weighted by molar-refractivity contribution is -0.141. The number of nitrogen functional groups attached to an aromatic ring is 1. The molecule has 6 rings (SSSR count). The monoisotopic (exact) mass is 660 g/mol. The number of hydrogen-bond acceptors (Lipinski definition) is 8. The molecule has 0 aliphatic carbocycles. The normalized spacial score (nSPS) is 14.6. The summed E-state index contributed by atoms with van der Waals surface area (Å²) < 4.78 is 44.8. The summed E-state index contributed by atoms with van der Waals surface area (Å²) in [5.41, 5.74) is 10.0. The summed E-state index contributed by atoms with van der Waals surface area (Å²) >= 11 is 1.37. The van der Waals surface area contributed by atoms with Gasteiger partial charge in [-0.25, -0.2) is 9.67 Å². The Morgan fingerprint density at radius 1 is 0.936 bits per heavy atom. The number of halogens is 3. The topological polar surface area (TPSA) is 96.4 Å². The molecule has 0 saturated carbocycles. The van der Waals surface area contributed by atoms with Crippen molar-refractivity contribution in [3.05, 3.63) is 113 Å². The number of anilines is 3. The van der Waals surface area contributed by atoms with Gasteiger partial charge in [-0.05, 0) is 78.6 Å². The highest BCUT2D eigenvalue weighted by molar-refractivity contribution is 7.09. The molecule has 9 nitrogen and oxygen atoms in total. The molecule has 0 spiro atoms. The molecule has 1 aliphatic heterocycles. The van der Waals surface area contributed by atoms with E-state index in [1.807, 2.05) is 38.4 Å². The number of alkyl halides is 3. The standard InChI is InChI=1S/C34H35F3N8OS/c1-42(2)27-12-4-23(5-13-27)22-29(24-6-10-26(38)11-7-24)31-39-33(47-41-31)44-18-3-17-43(20-21-44)32(46)25-8-14-28(15-9-25)45-19-16-30(40-45)34(35,36)37/h4-16,19,29H,3,17-18,20-22,38H2,1-2H3. The smallest absolute Gasteiger partial charge is 0.399 e. The van der Waals surface area contributed by atoms with Crippen molar-refractivity contribution >= 4 is 33.9 Å². The fourth-order valence-electron chi connectivity index (χ4n) is 5.62. The van der Waals surface area contributed by atoms with Crippen LogP contribution < -0.4 is 15.5 Å². The zero-order chi connectivity index (χ0) is 33.1. The van der Waals surface area contributed by atoms with Crippen molar-refractivity contribution in [1.29, 1.82) is 0 Å². The summed E-state index contributed by atoms with van der Waals surface area (Å²) in [5.74, 6) is 0.570. The minimum absolute atomic E-state index is 0.0550. The van der Waals surface area contributed by atoms with E-state index in [-0.39, 0.29) is 11.8 Å². The van der Waals surface area contributed by atoms with Crippen LogP contribution in [0.5, 0.6) is 0 Å². The molecule has 3 heterocycles. The molecule has 2 aromatic heterocycles. The lowest BCUT2D eigenvalue weighted by atomic mass is 9.91. The van der Waals surface area contributed by atoms with Gasteiger partial charge < -0.3 is 20.4 Å². The number of benzene rings is 3. The summed E-state index contributed by atoms with van der Waals surface area (Å²) in [5, 5.41) is 4.42. The molecular weight excluding hydrogens is 625 g/mol. The summed E-state index contributed by atoms with van der Waals surface area (Å²) in [7, 11) is 4.04. The fourth-order valence-corrected chi connectivity index (χ4v) is 6.39. The maximum Gasteiger partial charge on any atom is 0.435 e. The lowest BCUT2D eigenvalue weighted by Gasteiger charge is -2.22. The van der Waals surface area contributed by atoms with Gasteiger partial charge in [0.05, 0.1) is 5.69 Å². The number of aromatic nitrogens is 4. The van der Waals surface area contributed by atoms with Crippen LogP contribution in [0.15, 0.2) is 85.1 Å². The number of nitrogens with two attached hydrogens (primary N) is 1. The van der Waals surface area contributed by atoms with E-state index in [2.05, 4.69) is 39.2 Å². The maximum absolute atomic E-state index is 13.4. The first-order valence-corrected chi connectivity index (χ1v) is 16.1. The first-order valence-electron chi connectivity index (χ1n) is 15.3. The Balaban J connectivity index is 1.13. The van der Waals surface area contributed by atoms with Crippen molar-refractivity contribution in [3.63, 3.8) is 0 Å². The maximum atomic E-state index is 13.4. The number of hydrogen-bond donors (Lipinski definition) is 1. The minimum Gasteiger partial charge on any atom is -0.399 e. The molecule has 1 fully saturated rings. The Morgan fingerprint density at radius 2 is 1.66 bits per heavy atom. The quantitative estimate of drug-likeness (QED) is 0.201. The molecule has 5 aromatic rings. The largest absolute Gasteiger partial charge is 0.435 e. The molecule has 1 unspecified atom stereocenters. The zero-order valence-corrected chi connectivity index (χ0v) is 26.9. The number of rotatable bonds is 8. The Bertz CT molecular complexity index is 1800. The van der Waals surface area contributed by atoms with Gasteiger partial charge in [0, 0.05) is 80.9 Å². The molecule has 1 atom stereocenters. The van der Waals surface area contributed by atoms with E-state index in [0.717, 1.165) is 52.3 Å². The third-order valence-corrected chi connectivity index (χ3v) is 9.08. The number of carbonyl (C=O) groups excluding carboxylic acids is 1. The Kier molecular flexibility index (Phi) is 9.17. The second kappa shape index (κ2) is 13.4. The van der Waals surface area contributed by atoms with E-state index in [4.69, 9.17) is 15.1 Å². The van der Waals surface area contributed by atoms with Gasteiger partial charge >= 0.3 is 6.18 Å². The molecule has 3 aromatic carbocycles. The van der Waals surface area contributed by atoms with Gasteiger partial charge in [0.1, 0.15) is 0 Å². The van der Waals surface area contributed by atoms with Crippen LogP contribution in [0.3, 0.4) is 0 Å². The number of nitrogens with zero attached hydrogens (tertiary/aromatic N) is 7. The second-order valence-corrected chi connectivity index (χ2v) is 12.5.